The lowest BCUT2D eigenvalue weighted by Gasteiger charge is -2.10. The van der Waals surface area contributed by atoms with Gasteiger partial charge in [0.05, 0.1) is 17.4 Å². The summed E-state index contributed by atoms with van der Waals surface area (Å²) in [4.78, 5) is 4.25. The normalized spacial score (nSPS) is 14.8. The third kappa shape index (κ3) is 2.08. The van der Waals surface area contributed by atoms with Gasteiger partial charge in [0, 0.05) is 35.9 Å². The first kappa shape index (κ1) is 11.6. The van der Waals surface area contributed by atoms with Gasteiger partial charge in [-0.1, -0.05) is 18.2 Å². The van der Waals surface area contributed by atoms with Crippen molar-refractivity contribution in [2.45, 2.75) is 25.4 Å². The summed E-state index contributed by atoms with van der Waals surface area (Å²) in [6.45, 7) is 0.849. The molecule has 4 nitrogen and oxygen atoms in total. The van der Waals surface area contributed by atoms with Crippen molar-refractivity contribution in [3.05, 3.63) is 54.5 Å². The summed E-state index contributed by atoms with van der Waals surface area (Å²) in [6.07, 6.45) is 8.25. The van der Waals surface area contributed by atoms with Crippen LogP contribution in [0.2, 0.25) is 0 Å². The van der Waals surface area contributed by atoms with E-state index in [2.05, 4.69) is 27.5 Å². The molecule has 1 aliphatic rings. The van der Waals surface area contributed by atoms with Crippen molar-refractivity contribution in [1.29, 1.82) is 0 Å². The molecule has 0 bridgehead atoms. The van der Waals surface area contributed by atoms with Crippen molar-refractivity contribution in [3.8, 4) is 5.69 Å². The lowest BCUT2D eigenvalue weighted by molar-refractivity contribution is 0.680. The summed E-state index contributed by atoms with van der Waals surface area (Å²) in [5.41, 5.74) is 3.42. The lowest BCUT2D eigenvalue weighted by atomic mass is 10.2. The number of para-hydroxylation sites is 1. The van der Waals surface area contributed by atoms with Crippen LogP contribution in [-0.2, 0) is 6.54 Å². The Bertz CT molecular complexity index is 743. The van der Waals surface area contributed by atoms with Crippen LogP contribution in [0, 0.1) is 0 Å². The molecule has 3 aromatic rings. The van der Waals surface area contributed by atoms with Crippen molar-refractivity contribution in [2.75, 3.05) is 0 Å². The molecule has 4 heteroatoms. The van der Waals surface area contributed by atoms with Gasteiger partial charge in [-0.15, -0.1) is 0 Å². The Hall–Kier alpha value is -2.20. The second-order valence-electron chi connectivity index (χ2n) is 5.27. The smallest absolute Gasteiger partial charge is 0.0741 e. The molecular weight excluding hydrogens is 248 g/mol. The maximum atomic E-state index is 4.53. The summed E-state index contributed by atoms with van der Waals surface area (Å²) >= 11 is 0. The van der Waals surface area contributed by atoms with Crippen LogP contribution in [0.3, 0.4) is 0 Å². The van der Waals surface area contributed by atoms with Gasteiger partial charge in [0.15, 0.2) is 0 Å². The quantitative estimate of drug-likeness (QED) is 0.788. The minimum Gasteiger partial charge on any atom is -0.310 e. The highest BCUT2D eigenvalue weighted by Crippen LogP contribution is 2.22. The Morgan fingerprint density at radius 3 is 2.95 bits per heavy atom. The summed E-state index contributed by atoms with van der Waals surface area (Å²) in [5.74, 6) is 0. The maximum absolute atomic E-state index is 4.53. The monoisotopic (exact) mass is 264 g/mol. The molecule has 1 fully saturated rings. The van der Waals surface area contributed by atoms with Crippen molar-refractivity contribution >= 4 is 10.9 Å². The number of nitrogens with zero attached hydrogens (tertiary/aromatic N) is 3. The summed E-state index contributed by atoms with van der Waals surface area (Å²) in [7, 11) is 0. The largest absolute Gasteiger partial charge is 0.310 e. The van der Waals surface area contributed by atoms with Gasteiger partial charge in [-0.05, 0) is 25.0 Å². The number of fused-ring (bicyclic) bond motifs is 1. The van der Waals surface area contributed by atoms with E-state index in [1.807, 2.05) is 41.5 Å². The number of pyridine rings is 1. The molecule has 0 saturated heterocycles. The lowest BCUT2D eigenvalue weighted by Crippen LogP contribution is -2.17. The zero-order chi connectivity index (χ0) is 13.4. The average molecular weight is 264 g/mol. The molecule has 0 radical (unpaired) electrons. The van der Waals surface area contributed by atoms with Crippen LogP contribution in [0.4, 0.5) is 0 Å². The fraction of sp³-hybridized carbons (Fsp3) is 0.250. The van der Waals surface area contributed by atoms with Crippen LogP contribution in [-0.4, -0.2) is 20.8 Å². The summed E-state index contributed by atoms with van der Waals surface area (Å²) in [5, 5.41) is 9.23. The number of hydrogen-bond donors (Lipinski definition) is 1. The Kier molecular flexibility index (Phi) is 2.74. The van der Waals surface area contributed by atoms with E-state index < -0.39 is 0 Å². The molecule has 1 saturated carbocycles. The predicted molar refractivity (Wildman–Crippen MR) is 78.7 cm³/mol. The highest BCUT2D eigenvalue weighted by molar-refractivity contribution is 5.80. The van der Waals surface area contributed by atoms with E-state index in [9.17, 15) is 0 Å². The van der Waals surface area contributed by atoms with Gasteiger partial charge < -0.3 is 5.32 Å². The molecule has 0 atom stereocenters. The molecule has 20 heavy (non-hydrogen) atoms. The Balaban J connectivity index is 1.76. The van der Waals surface area contributed by atoms with Gasteiger partial charge in [-0.3, -0.25) is 4.98 Å². The molecule has 0 amide bonds. The van der Waals surface area contributed by atoms with E-state index in [1.165, 1.54) is 18.4 Å². The van der Waals surface area contributed by atoms with E-state index in [-0.39, 0.29) is 0 Å². The van der Waals surface area contributed by atoms with Crippen LogP contribution in [0.5, 0.6) is 0 Å². The molecule has 2 heterocycles. The van der Waals surface area contributed by atoms with E-state index in [4.69, 9.17) is 0 Å². The van der Waals surface area contributed by atoms with E-state index in [0.29, 0.717) is 6.04 Å². The third-order valence-corrected chi connectivity index (χ3v) is 3.74. The molecule has 1 aromatic carbocycles. The fourth-order valence-corrected chi connectivity index (χ4v) is 2.47. The van der Waals surface area contributed by atoms with Crippen LogP contribution in [0.25, 0.3) is 16.6 Å². The topological polar surface area (TPSA) is 42.7 Å². The van der Waals surface area contributed by atoms with Gasteiger partial charge in [0.25, 0.3) is 0 Å². The van der Waals surface area contributed by atoms with Gasteiger partial charge in [0.2, 0.25) is 0 Å². The molecular formula is C16H16N4. The minimum atomic E-state index is 0.692. The fourth-order valence-electron chi connectivity index (χ4n) is 2.47. The highest BCUT2D eigenvalue weighted by atomic mass is 15.3. The van der Waals surface area contributed by atoms with Crippen LogP contribution < -0.4 is 5.32 Å². The molecule has 0 unspecified atom stereocenters. The number of hydrogen-bond acceptors (Lipinski definition) is 3. The summed E-state index contributed by atoms with van der Waals surface area (Å²) in [6, 6.07) is 11.0. The molecule has 1 N–H and O–H groups in total. The molecule has 1 aliphatic carbocycles. The van der Waals surface area contributed by atoms with Gasteiger partial charge in [-0.25, -0.2) is 4.68 Å². The van der Waals surface area contributed by atoms with E-state index >= 15 is 0 Å². The molecule has 0 spiro atoms. The Morgan fingerprint density at radius 1 is 1.15 bits per heavy atom. The first-order valence-corrected chi connectivity index (χ1v) is 7.01. The second kappa shape index (κ2) is 4.72. The van der Waals surface area contributed by atoms with Gasteiger partial charge >= 0.3 is 0 Å². The third-order valence-electron chi connectivity index (χ3n) is 3.74. The number of nitrogens with one attached hydrogen (secondary N) is 1. The van der Waals surface area contributed by atoms with Crippen LogP contribution in [0.1, 0.15) is 18.4 Å². The van der Waals surface area contributed by atoms with Crippen molar-refractivity contribution in [3.63, 3.8) is 0 Å². The van der Waals surface area contributed by atoms with E-state index in [1.54, 1.807) is 0 Å². The predicted octanol–water partition coefficient (Wildman–Crippen LogP) is 2.67. The number of aromatic nitrogens is 3. The Labute approximate surface area is 117 Å². The zero-order valence-corrected chi connectivity index (χ0v) is 11.2. The number of benzene rings is 1. The first-order valence-electron chi connectivity index (χ1n) is 7.01. The minimum absolute atomic E-state index is 0.692. The Morgan fingerprint density at radius 2 is 2.05 bits per heavy atom. The maximum Gasteiger partial charge on any atom is 0.0741 e. The first-order chi connectivity index (χ1) is 9.92. The van der Waals surface area contributed by atoms with E-state index in [0.717, 1.165) is 23.1 Å². The standard InChI is InChI=1S/C16H16N4/c1-2-4-15-12(3-1)11-19-20(15)16-7-8-17-9-13(16)10-18-14-5-6-14/h1-4,7-9,11,14,18H,5-6,10H2. The van der Waals surface area contributed by atoms with Crippen LogP contribution in [0.15, 0.2) is 48.9 Å². The SMILES string of the molecule is c1ccc2c(c1)cnn2-c1ccncc1CNC1CC1. The zero-order valence-electron chi connectivity index (χ0n) is 11.2. The highest BCUT2D eigenvalue weighted by Gasteiger charge is 2.20. The average Bonchev–Trinajstić information content (AvgIpc) is 3.23. The molecule has 100 valence electrons. The van der Waals surface area contributed by atoms with Gasteiger partial charge in [0.1, 0.15) is 0 Å². The van der Waals surface area contributed by atoms with Gasteiger partial charge in [-0.2, -0.15) is 5.10 Å². The molecule has 0 aliphatic heterocycles. The van der Waals surface area contributed by atoms with Crippen molar-refractivity contribution < 1.29 is 0 Å². The second-order valence-corrected chi connectivity index (χ2v) is 5.27. The molecule has 4 rings (SSSR count). The number of rotatable bonds is 4. The van der Waals surface area contributed by atoms with Crippen LogP contribution >= 0.6 is 0 Å². The van der Waals surface area contributed by atoms with Crippen molar-refractivity contribution in [1.82, 2.24) is 20.1 Å². The molecule has 2 aromatic heterocycles. The van der Waals surface area contributed by atoms with Crippen molar-refractivity contribution in [2.24, 2.45) is 0 Å². The summed E-state index contributed by atoms with van der Waals surface area (Å²) < 4.78 is 2.00.